The fraction of sp³-hybridized carbons (Fsp3) is 0.552. The van der Waals surface area contributed by atoms with Gasteiger partial charge in [-0.2, -0.15) is 0 Å². The number of aliphatic hydroxyl groups excluding tert-OH is 6. The zero-order chi connectivity index (χ0) is 31.9. The van der Waals surface area contributed by atoms with Crippen molar-refractivity contribution in [2.45, 2.75) is 80.9 Å². The van der Waals surface area contributed by atoms with Gasteiger partial charge in [-0.15, -0.1) is 0 Å². The lowest BCUT2D eigenvalue weighted by atomic mass is 9.95. The van der Waals surface area contributed by atoms with Gasteiger partial charge in [0.2, 0.25) is 6.29 Å². The topological polar surface area (TPSA) is 223 Å². The number of carbonyl (C=O) groups is 1. The molecule has 0 saturated carbocycles. The lowest BCUT2D eigenvalue weighted by Gasteiger charge is -2.42. The predicted octanol–water partition coefficient (Wildman–Crippen LogP) is -0.854. The fourth-order valence-electron chi connectivity index (χ4n) is 5.35. The summed E-state index contributed by atoms with van der Waals surface area (Å²) in [5, 5.41) is 72.3. The van der Waals surface area contributed by atoms with Crippen molar-refractivity contribution >= 4 is 5.78 Å². The van der Waals surface area contributed by atoms with Gasteiger partial charge in [-0.25, -0.2) is 0 Å². The standard InChI is InChI=1S/C29H36O15/c1-11-22(32)24(34)26(36)28(41-11)40-10-20-23(33)25(35)27(37)29(44-20)42-13-7-14(30)21-15(31)9-17(43-19(21)8-13)12-4-5-16(38-2)18(6-12)39-3/h4-8,11,17,20,22-30,32-37H,9-10H2,1-3H3/t11?,17?,20?,22-,23+,24?,25?,26?,27?,28+,29+/m0/s1. The molecule has 7 N–H and O–H groups in total. The van der Waals surface area contributed by atoms with E-state index in [9.17, 15) is 40.5 Å². The third-order valence-electron chi connectivity index (χ3n) is 7.91. The molecule has 2 aromatic rings. The van der Waals surface area contributed by atoms with E-state index in [0.29, 0.717) is 17.1 Å². The van der Waals surface area contributed by atoms with Crippen molar-refractivity contribution in [3.05, 3.63) is 41.5 Å². The van der Waals surface area contributed by atoms with Crippen LogP contribution in [0, 0.1) is 0 Å². The van der Waals surface area contributed by atoms with Crippen molar-refractivity contribution in [3.63, 3.8) is 0 Å². The van der Waals surface area contributed by atoms with E-state index < -0.39 is 79.9 Å². The molecule has 2 aromatic carbocycles. The van der Waals surface area contributed by atoms with Crippen LogP contribution in [0.3, 0.4) is 0 Å². The SMILES string of the molecule is COc1ccc(C2CC(=O)c3c(O)cc(O[C@@H]4OC(CO[C@@H]5OC(C)[C@H](O)C(O)C5O)[C@@H](O)C(O)C4O)cc3O2)cc1OC. The number of Topliss-reactive ketones (excluding diaryl/α,β-unsaturated/α-hetero) is 1. The lowest BCUT2D eigenvalue weighted by molar-refractivity contribution is -0.318. The molecule has 44 heavy (non-hydrogen) atoms. The molecule has 7 unspecified atom stereocenters. The van der Waals surface area contributed by atoms with E-state index >= 15 is 0 Å². The number of phenolic OH excluding ortho intramolecular Hbond substituents is 1. The highest BCUT2D eigenvalue weighted by atomic mass is 16.7. The third-order valence-corrected chi connectivity index (χ3v) is 7.91. The van der Waals surface area contributed by atoms with Crippen LogP contribution in [0.4, 0.5) is 0 Å². The van der Waals surface area contributed by atoms with Crippen LogP contribution in [0.5, 0.6) is 28.7 Å². The van der Waals surface area contributed by atoms with Crippen molar-refractivity contribution < 1.29 is 73.7 Å². The number of ether oxygens (including phenoxy) is 7. The molecule has 3 aliphatic heterocycles. The number of phenols is 1. The molecule has 15 heteroatoms. The second-order valence-corrected chi connectivity index (χ2v) is 10.8. The van der Waals surface area contributed by atoms with Crippen LogP contribution >= 0.6 is 0 Å². The first-order valence-corrected chi connectivity index (χ1v) is 13.9. The van der Waals surface area contributed by atoms with E-state index in [1.54, 1.807) is 18.2 Å². The van der Waals surface area contributed by atoms with Crippen LogP contribution in [0.1, 0.15) is 35.4 Å². The van der Waals surface area contributed by atoms with Gasteiger partial charge in [0.1, 0.15) is 71.6 Å². The Hall–Kier alpha value is -3.25. The Labute approximate surface area is 251 Å². The molecular formula is C29H36O15. The number of methoxy groups -OCH3 is 2. The summed E-state index contributed by atoms with van der Waals surface area (Å²) in [6, 6.07) is 7.50. The molecule has 0 amide bonds. The van der Waals surface area contributed by atoms with E-state index in [2.05, 4.69) is 0 Å². The van der Waals surface area contributed by atoms with Crippen LogP contribution < -0.4 is 18.9 Å². The smallest absolute Gasteiger partial charge is 0.229 e. The normalized spacial score (nSPS) is 35.4. The van der Waals surface area contributed by atoms with Gasteiger partial charge in [-0.3, -0.25) is 4.79 Å². The molecule has 0 aromatic heterocycles. The first-order chi connectivity index (χ1) is 20.9. The van der Waals surface area contributed by atoms with Crippen LogP contribution in [-0.4, -0.2) is 124 Å². The number of hydrogen-bond acceptors (Lipinski definition) is 15. The molecule has 15 nitrogen and oxygen atoms in total. The zero-order valence-corrected chi connectivity index (χ0v) is 24.0. The maximum atomic E-state index is 13.0. The molecule has 2 fully saturated rings. The number of carbonyl (C=O) groups excluding carboxylic acids is 1. The molecule has 5 rings (SSSR count). The van der Waals surface area contributed by atoms with Gasteiger partial charge in [0, 0.05) is 12.1 Å². The Morgan fingerprint density at radius 2 is 1.50 bits per heavy atom. The Kier molecular flexibility index (Phi) is 9.50. The monoisotopic (exact) mass is 624 g/mol. The number of benzene rings is 2. The second kappa shape index (κ2) is 13.0. The summed E-state index contributed by atoms with van der Waals surface area (Å²) in [6.07, 6.45) is -15.7. The number of aromatic hydroxyl groups is 1. The highest BCUT2D eigenvalue weighted by Crippen LogP contribution is 2.43. The number of rotatable bonds is 8. The van der Waals surface area contributed by atoms with Crippen molar-refractivity contribution in [3.8, 4) is 28.7 Å². The minimum absolute atomic E-state index is 0.0000931. The van der Waals surface area contributed by atoms with Crippen molar-refractivity contribution in [1.82, 2.24) is 0 Å². The predicted molar refractivity (Wildman–Crippen MR) is 146 cm³/mol. The minimum atomic E-state index is -1.76. The number of hydrogen-bond donors (Lipinski definition) is 7. The van der Waals surface area contributed by atoms with Gasteiger partial charge in [0.25, 0.3) is 0 Å². The second-order valence-electron chi connectivity index (χ2n) is 10.8. The van der Waals surface area contributed by atoms with E-state index in [-0.39, 0.29) is 29.3 Å². The van der Waals surface area contributed by atoms with Gasteiger partial charge in [-0.1, -0.05) is 6.07 Å². The summed E-state index contributed by atoms with van der Waals surface area (Å²) in [5.74, 6) is -0.00697. The van der Waals surface area contributed by atoms with Crippen LogP contribution in [0.15, 0.2) is 30.3 Å². The Morgan fingerprint density at radius 3 is 2.20 bits per heavy atom. The zero-order valence-electron chi connectivity index (χ0n) is 24.0. The fourth-order valence-corrected chi connectivity index (χ4v) is 5.35. The van der Waals surface area contributed by atoms with Gasteiger partial charge < -0.3 is 68.9 Å². The van der Waals surface area contributed by atoms with Crippen molar-refractivity contribution in [2.75, 3.05) is 20.8 Å². The molecule has 0 aliphatic carbocycles. The number of fused-ring (bicyclic) bond motifs is 1. The first kappa shape index (κ1) is 32.2. The number of ketones is 1. The maximum Gasteiger partial charge on any atom is 0.229 e. The Bertz CT molecular complexity index is 1340. The van der Waals surface area contributed by atoms with Crippen LogP contribution in [-0.2, 0) is 14.2 Å². The largest absolute Gasteiger partial charge is 0.507 e. The van der Waals surface area contributed by atoms with E-state index in [1.165, 1.54) is 27.2 Å². The summed E-state index contributed by atoms with van der Waals surface area (Å²) >= 11 is 0. The quantitative estimate of drug-likeness (QED) is 0.190. The average Bonchev–Trinajstić information content (AvgIpc) is 3.01. The van der Waals surface area contributed by atoms with Gasteiger partial charge in [0.15, 0.2) is 23.6 Å². The molecule has 3 aliphatic rings. The third kappa shape index (κ3) is 6.15. The van der Waals surface area contributed by atoms with Gasteiger partial charge >= 0.3 is 0 Å². The summed E-state index contributed by atoms with van der Waals surface area (Å²) in [6.45, 7) is 0.982. The Morgan fingerprint density at radius 1 is 0.818 bits per heavy atom. The molecule has 2 saturated heterocycles. The highest BCUT2D eigenvalue weighted by Gasteiger charge is 2.47. The van der Waals surface area contributed by atoms with Crippen molar-refractivity contribution in [2.24, 2.45) is 0 Å². The first-order valence-electron chi connectivity index (χ1n) is 13.9. The van der Waals surface area contributed by atoms with Crippen molar-refractivity contribution in [1.29, 1.82) is 0 Å². The number of aliphatic hydroxyl groups is 6. The summed E-state index contributed by atoms with van der Waals surface area (Å²) in [4.78, 5) is 13.0. The minimum Gasteiger partial charge on any atom is -0.507 e. The van der Waals surface area contributed by atoms with Crippen LogP contribution in [0.2, 0.25) is 0 Å². The molecule has 0 spiro atoms. The molecule has 3 heterocycles. The van der Waals surface area contributed by atoms with Crippen LogP contribution in [0.25, 0.3) is 0 Å². The summed E-state index contributed by atoms with van der Waals surface area (Å²) in [5.41, 5.74) is 0.551. The molecule has 242 valence electrons. The maximum absolute atomic E-state index is 13.0. The average molecular weight is 625 g/mol. The van der Waals surface area contributed by atoms with Gasteiger partial charge in [-0.05, 0) is 24.6 Å². The Balaban J connectivity index is 1.31. The highest BCUT2D eigenvalue weighted by molar-refractivity contribution is 6.02. The van der Waals surface area contributed by atoms with E-state index in [1.807, 2.05) is 0 Å². The summed E-state index contributed by atoms with van der Waals surface area (Å²) < 4.78 is 38.9. The van der Waals surface area contributed by atoms with E-state index in [4.69, 9.17) is 33.2 Å². The molecular weight excluding hydrogens is 588 g/mol. The molecule has 0 radical (unpaired) electrons. The van der Waals surface area contributed by atoms with Gasteiger partial charge in [0.05, 0.1) is 33.4 Å². The molecule has 11 atom stereocenters. The lowest BCUT2D eigenvalue weighted by Crippen LogP contribution is -2.61. The summed E-state index contributed by atoms with van der Waals surface area (Å²) in [7, 11) is 2.97. The van der Waals surface area contributed by atoms with E-state index in [0.717, 1.165) is 6.07 Å². The molecule has 0 bridgehead atoms.